The molecule has 4 rings (SSSR count). The molecule has 140 valence electrons. The van der Waals surface area contributed by atoms with Crippen LogP contribution in [0.4, 0.5) is 0 Å². The number of rotatable bonds is 3. The Balaban J connectivity index is 1.51. The summed E-state index contributed by atoms with van der Waals surface area (Å²) < 4.78 is 42.2. The van der Waals surface area contributed by atoms with E-state index in [4.69, 9.17) is 13.9 Å². The average Bonchev–Trinajstić information content (AvgIpc) is 3.21. The van der Waals surface area contributed by atoms with Gasteiger partial charge in [0.25, 0.3) is 5.89 Å². The van der Waals surface area contributed by atoms with Crippen LogP contribution >= 0.6 is 0 Å². The molecule has 0 N–H and O–H groups in total. The molecule has 1 saturated heterocycles. The molecule has 0 unspecified atom stereocenters. The van der Waals surface area contributed by atoms with Crippen molar-refractivity contribution in [3.8, 4) is 5.75 Å². The average molecular weight is 379 g/mol. The van der Waals surface area contributed by atoms with Crippen LogP contribution in [0.15, 0.2) is 16.5 Å². The Morgan fingerprint density at radius 3 is 2.54 bits per heavy atom. The number of morpholine rings is 1. The minimum absolute atomic E-state index is 0.171. The van der Waals surface area contributed by atoms with Crippen molar-refractivity contribution in [1.82, 2.24) is 14.5 Å². The first-order valence-corrected chi connectivity index (χ1v) is 10.3. The largest absolute Gasteiger partial charge is 0.480 e. The van der Waals surface area contributed by atoms with Crippen molar-refractivity contribution in [1.29, 1.82) is 0 Å². The maximum atomic E-state index is 11.7. The molecule has 26 heavy (non-hydrogen) atoms. The van der Waals surface area contributed by atoms with Gasteiger partial charge in [-0.05, 0) is 36.6 Å². The molecule has 2 aliphatic heterocycles. The fourth-order valence-corrected chi connectivity index (χ4v) is 4.05. The number of fused-ring (bicyclic) bond motifs is 1. The molecule has 0 saturated carbocycles. The van der Waals surface area contributed by atoms with Crippen molar-refractivity contribution in [3.05, 3.63) is 40.6 Å². The van der Waals surface area contributed by atoms with E-state index in [-0.39, 0.29) is 18.5 Å². The molecular formula is C17H21N3O5S. The molecule has 9 heteroatoms. The van der Waals surface area contributed by atoms with Gasteiger partial charge in [0.05, 0.1) is 12.9 Å². The number of hydrogen-bond acceptors (Lipinski definition) is 7. The third-order valence-corrected chi connectivity index (χ3v) is 6.13. The molecule has 1 aromatic heterocycles. The first-order valence-electron chi connectivity index (χ1n) is 8.48. The fraction of sp³-hybridized carbons (Fsp3) is 0.529. The van der Waals surface area contributed by atoms with Gasteiger partial charge < -0.3 is 13.9 Å². The molecule has 2 atom stereocenters. The summed E-state index contributed by atoms with van der Waals surface area (Å²) in [5, 5.41) is 8.15. The molecule has 0 spiro atoms. The second-order valence-corrected chi connectivity index (χ2v) is 8.80. The summed E-state index contributed by atoms with van der Waals surface area (Å²) in [6.07, 6.45) is 0.955. The zero-order valence-corrected chi connectivity index (χ0v) is 15.7. The van der Waals surface area contributed by atoms with E-state index in [0.717, 1.165) is 11.3 Å². The van der Waals surface area contributed by atoms with Crippen LogP contribution in [0.1, 0.15) is 40.7 Å². The molecule has 8 nitrogen and oxygen atoms in total. The van der Waals surface area contributed by atoms with E-state index in [1.54, 1.807) is 0 Å². The van der Waals surface area contributed by atoms with E-state index < -0.39 is 16.1 Å². The topological polar surface area (TPSA) is 94.8 Å². The molecule has 0 amide bonds. The molecule has 0 bridgehead atoms. The minimum atomic E-state index is -3.28. The van der Waals surface area contributed by atoms with E-state index in [2.05, 4.69) is 23.2 Å². The summed E-state index contributed by atoms with van der Waals surface area (Å²) in [6, 6.07) is 4.15. The Morgan fingerprint density at radius 2 is 1.81 bits per heavy atom. The number of hydrogen-bond donors (Lipinski definition) is 0. The van der Waals surface area contributed by atoms with E-state index in [1.807, 2.05) is 13.0 Å². The van der Waals surface area contributed by atoms with E-state index >= 15 is 0 Å². The second-order valence-electron chi connectivity index (χ2n) is 6.81. The fourth-order valence-electron chi connectivity index (χ4n) is 3.23. The van der Waals surface area contributed by atoms with Crippen LogP contribution in [0.25, 0.3) is 0 Å². The number of aromatic nitrogens is 2. The first kappa shape index (κ1) is 17.4. The lowest BCUT2D eigenvalue weighted by molar-refractivity contribution is -0.0184. The van der Waals surface area contributed by atoms with Crippen LogP contribution in [-0.4, -0.2) is 48.9 Å². The Bertz CT molecular complexity index is 909. The number of benzene rings is 1. The van der Waals surface area contributed by atoms with Crippen molar-refractivity contribution in [2.24, 2.45) is 0 Å². The van der Waals surface area contributed by atoms with Gasteiger partial charge in [0.1, 0.15) is 11.9 Å². The third-order valence-electron chi connectivity index (χ3n) is 4.86. The van der Waals surface area contributed by atoms with Crippen molar-refractivity contribution in [3.63, 3.8) is 0 Å². The molecule has 1 aromatic carbocycles. The van der Waals surface area contributed by atoms with Crippen molar-refractivity contribution < 1.29 is 22.3 Å². The molecule has 2 aliphatic rings. The molecular weight excluding hydrogens is 358 g/mol. The molecule has 0 aliphatic carbocycles. The van der Waals surface area contributed by atoms with Gasteiger partial charge in [0, 0.05) is 19.5 Å². The van der Waals surface area contributed by atoms with Gasteiger partial charge in [-0.2, -0.15) is 4.31 Å². The van der Waals surface area contributed by atoms with Crippen molar-refractivity contribution in [2.45, 2.75) is 32.5 Å². The second kappa shape index (κ2) is 6.33. The quantitative estimate of drug-likeness (QED) is 0.801. The van der Waals surface area contributed by atoms with Crippen LogP contribution in [-0.2, 0) is 21.2 Å². The Hall–Kier alpha value is -1.97. The van der Waals surface area contributed by atoms with Gasteiger partial charge in [-0.25, -0.2) is 8.42 Å². The summed E-state index contributed by atoms with van der Waals surface area (Å²) in [6.45, 7) is 4.91. The minimum Gasteiger partial charge on any atom is -0.480 e. The highest BCUT2D eigenvalue weighted by molar-refractivity contribution is 7.88. The monoisotopic (exact) mass is 379 g/mol. The van der Waals surface area contributed by atoms with Gasteiger partial charge in [-0.15, -0.1) is 10.2 Å². The molecule has 0 radical (unpaired) electrons. The normalized spacial score (nSPS) is 23.7. The highest BCUT2D eigenvalue weighted by atomic mass is 32.2. The summed E-state index contributed by atoms with van der Waals surface area (Å²) in [7, 11) is -3.28. The van der Waals surface area contributed by atoms with Gasteiger partial charge in [-0.3, -0.25) is 0 Å². The predicted octanol–water partition coefficient (Wildman–Crippen LogP) is 1.70. The SMILES string of the molecule is Cc1cc2c(cc1C)O[C@H](c1nnc([C@H]3CN(S(C)(=O)=O)CCO3)o1)C2. The lowest BCUT2D eigenvalue weighted by Crippen LogP contribution is -2.41. The zero-order chi connectivity index (χ0) is 18.5. The summed E-state index contributed by atoms with van der Waals surface area (Å²) >= 11 is 0. The van der Waals surface area contributed by atoms with Gasteiger partial charge >= 0.3 is 0 Å². The molecule has 3 heterocycles. The van der Waals surface area contributed by atoms with Crippen LogP contribution < -0.4 is 4.74 Å². The maximum Gasteiger partial charge on any atom is 0.257 e. The number of aryl methyl sites for hydroxylation is 2. The standard InChI is InChI=1S/C17H21N3O5S/c1-10-6-12-8-14(24-13(12)7-11(10)2)16-18-19-17(25-16)15-9-20(4-5-23-15)26(3,21)22/h6-7,14-15H,4-5,8-9H2,1-3H3/t14-,15+/m0/s1. The van der Waals surface area contributed by atoms with E-state index in [0.29, 0.717) is 25.5 Å². The Morgan fingerprint density at radius 1 is 1.12 bits per heavy atom. The van der Waals surface area contributed by atoms with Crippen LogP contribution in [0.2, 0.25) is 0 Å². The van der Waals surface area contributed by atoms with Crippen LogP contribution in [0, 0.1) is 13.8 Å². The van der Waals surface area contributed by atoms with Crippen molar-refractivity contribution in [2.75, 3.05) is 26.0 Å². The van der Waals surface area contributed by atoms with Gasteiger partial charge in [0.15, 0.2) is 6.10 Å². The van der Waals surface area contributed by atoms with Crippen LogP contribution in [0.5, 0.6) is 5.75 Å². The zero-order valence-electron chi connectivity index (χ0n) is 14.9. The van der Waals surface area contributed by atoms with Gasteiger partial charge in [-0.1, -0.05) is 6.07 Å². The molecule has 1 fully saturated rings. The number of nitrogens with zero attached hydrogens (tertiary/aromatic N) is 3. The summed E-state index contributed by atoms with van der Waals surface area (Å²) in [5.41, 5.74) is 3.51. The maximum absolute atomic E-state index is 11.7. The number of sulfonamides is 1. The molecule has 2 aromatic rings. The summed E-state index contributed by atoms with van der Waals surface area (Å²) in [4.78, 5) is 0. The highest BCUT2D eigenvalue weighted by Gasteiger charge is 2.34. The van der Waals surface area contributed by atoms with E-state index in [9.17, 15) is 8.42 Å². The predicted molar refractivity (Wildman–Crippen MR) is 92.4 cm³/mol. The summed E-state index contributed by atoms with van der Waals surface area (Å²) in [5.74, 6) is 1.50. The third kappa shape index (κ3) is 3.22. The Labute approximate surface area is 152 Å². The van der Waals surface area contributed by atoms with Crippen molar-refractivity contribution >= 4 is 10.0 Å². The van der Waals surface area contributed by atoms with Crippen LogP contribution in [0.3, 0.4) is 0 Å². The Kier molecular flexibility index (Phi) is 4.25. The highest BCUT2D eigenvalue weighted by Crippen LogP contribution is 2.38. The lowest BCUT2D eigenvalue weighted by Gasteiger charge is -2.29. The number of ether oxygens (including phenoxy) is 2. The first-order chi connectivity index (χ1) is 12.3. The smallest absolute Gasteiger partial charge is 0.257 e. The lowest BCUT2D eigenvalue weighted by atomic mass is 10.0. The van der Waals surface area contributed by atoms with E-state index in [1.165, 1.54) is 21.7 Å². The van der Waals surface area contributed by atoms with Gasteiger partial charge in [0.2, 0.25) is 15.9 Å².